The lowest BCUT2D eigenvalue weighted by atomic mass is 9.47. The van der Waals surface area contributed by atoms with Crippen LogP contribution in [0, 0.1) is 64.1 Å². The van der Waals surface area contributed by atoms with Crippen LogP contribution in [0.5, 0.6) is 0 Å². The molecule has 0 spiro atoms. The highest BCUT2D eigenvalue weighted by Crippen LogP contribution is 2.69. The minimum Gasteiger partial charge on any atom is -0.396 e. The van der Waals surface area contributed by atoms with Crippen LogP contribution in [-0.2, 0) is 0 Å². The summed E-state index contributed by atoms with van der Waals surface area (Å²) < 4.78 is 0. The minimum atomic E-state index is 0.430. The third-order valence-electron chi connectivity index (χ3n) is 11.3. The molecule has 1 N–H and O–H groups in total. The van der Waals surface area contributed by atoms with Crippen LogP contribution >= 0.6 is 0 Å². The van der Waals surface area contributed by atoms with E-state index in [0.717, 1.165) is 41.4 Å². The zero-order valence-corrected chi connectivity index (χ0v) is 20.2. The molecule has 0 aromatic heterocycles. The van der Waals surface area contributed by atoms with E-state index >= 15 is 0 Å². The van der Waals surface area contributed by atoms with Crippen LogP contribution in [0.1, 0.15) is 92.9 Å². The lowest BCUT2D eigenvalue weighted by Crippen LogP contribution is -2.51. The molecule has 1 nitrogen and oxygen atoms in total. The van der Waals surface area contributed by atoms with Crippen molar-refractivity contribution in [2.75, 3.05) is 6.61 Å². The van der Waals surface area contributed by atoms with E-state index in [1.165, 1.54) is 51.4 Å². The topological polar surface area (TPSA) is 20.2 Å². The number of allylic oxidation sites excluding steroid dienone is 2. The van der Waals surface area contributed by atoms with Crippen molar-refractivity contribution in [1.29, 1.82) is 0 Å². The largest absolute Gasteiger partial charge is 0.396 e. The van der Waals surface area contributed by atoms with Gasteiger partial charge in [0.1, 0.15) is 0 Å². The van der Waals surface area contributed by atoms with Crippen LogP contribution in [0.2, 0.25) is 0 Å². The van der Waals surface area contributed by atoms with E-state index in [-0.39, 0.29) is 0 Å². The Hall–Kier alpha value is -0.300. The highest BCUT2D eigenvalue weighted by atomic mass is 16.3. The maximum atomic E-state index is 9.92. The van der Waals surface area contributed by atoms with E-state index in [1.807, 2.05) is 0 Å². The Bertz CT molecular complexity index is 607. The molecule has 29 heavy (non-hydrogen) atoms. The maximum absolute atomic E-state index is 9.92. The third-order valence-corrected chi connectivity index (χ3v) is 11.3. The summed E-state index contributed by atoms with van der Waals surface area (Å²) in [6.07, 6.45) is 16.4. The Morgan fingerprint density at radius 1 is 0.793 bits per heavy atom. The zero-order valence-electron chi connectivity index (χ0n) is 20.2. The van der Waals surface area contributed by atoms with Crippen molar-refractivity contribution in [1.82, 2.24) is 0 Å². The first-order valence-electron chi connectivity index (χ1n) is 13.0. The fraction of sp³-hybridized carbons (Fsp3) is 0.929. The monoisotopic (exact) mass is 400 g/mol. The molecule has 4 rings (SSSR count). The molecule has 0 bridgehead atoms. The predicted octanol–water partition coefficient (Wildman–Crippen LogP) is 7.35. The number of fused-ring (bicyclic) bond motifs is 5. The molecule has 1 heteroatoms. The van der Waals surface area contributed by atoms with Crippen molar-refractivity contribution < 1.29 is 5.11 Å². The second kappa shape index (κ2) is 7.99. The van der Waals surface area contributed by atoms with Crippen molar-refractivity contribution in [3.05, 3.63) is 12.2 Å². The van der Waals surface area contributed by atoms with Gasteiger partial charge < -0.3 is 5.11 Å². The third kappa shape index (κ3) is 3.46. The summed E-state index contributed by atoms with van der Waals surface area (Å²) in [5, 5.41) is 9.92. The average molecular weight is 401 g/mol. The fourth-order valence-electron chi connectivity index (χ4n) is 9.16. The van der Waals surface area contributed by atoms with E-state index in [4.69, 9.17) is 0 Å². The lowest BCUT2D eigenvalue weighted by Gasteiger charge is -2.58. The number of hydrogen-bond acceptors (Lipinski definition) is 1. The maximum Gasteiger partial charge on any atom is 0.0462 e. The number of rotatable bonds is 5. The predicted molar refractivity (Wildman–Crippen MR) is 123 cm³/mol. The fourth-order valence-corrected chi connectivity index (χ4v) is 9.16. The summed E-state index contributed by atoms with van der Waals surface area (Å²) in [6.45, 7) is 15.3. The molecule has 4 aliphatic rings. The van der Waals surface area contributed by atoms with Gasteiger partial charge in [0.05, 0.1) is 0 Å². The number of hydrogen-bond donors (Lipinski definition) is 1. The van der Waals surface area contributed by atoms with E-state index in [2.05, 4.69) is 53.7 Å². The van der Waals surface area contributed by atoms with Crippen LogP contribution in [0.3, 0.4) is 0 Å². The lowest BCUT2D eigenvalue weighted by molar-refractivity contribution is -0.0956. The van der Waals surface area contributed by atoms with Crippen molar-refractivity contribution >= 4 is 0 Å². The van der Waals surface area contributed by atoms with Crippen molar-refractivity contribution in [2.24, 2.45) is 64.1 Å². The summed E-state index contributed by atoms with van der Waals surface area (Å²) in [4.78, 5) is 0. The molecule has 0 aromatic rings. The molecule has 0 radical (unpaired) electrons. The molecule has 4 aliphatic carbocycles. The molecular formula is C28H48O. The molecule has 10 atom stereocenters. The van der Waals surface area contributed by atoms with Crippen LogP contribution in [0.4, 0.5) is 0 Å². The Kier molecular flexibility index (Phi) is 6.04. The van der Waals surface area contributed by atoms with Crippen LogP contribution < -0.4 is 0 Å². The molecule has 0 aliphatic heterocycles. The van der Waals surface area contributed by atoms with E-state index in [1.54, 1.807) is 0 Å². The summed E-state index contributed by atoms with van der Waals surface area (Å²) in [7, 11) is 0. The normalized spacial score (nSPS) is 49.1. The van der Waals surface area contributed by atoms with Crippen LogP contribution in [-0.4, -0.2) is 11.7 Å². The van der Waals surface area contributed by atoms with Gasteiger partial charge in [0, 0.05) is 6.61 Å². The van der Waals surface area contributed by atoms with Gasteiger partial charge in [-0.15, -0.1) is 0 Å². The zero-order chi connectivity index (χ0) is 21.0. The molecule has 0 unspecified atom stereocenters. The summed E-state index contributed by atoms with van der Waals surface area (Å²) in [5.74, 6) is 7.28. The molecule has 0 saturated heterocycles. The number of aliphatic hydroxyl groups is 1. The Morgan fingerprint density at radius 2 is 1.45 bits per heavy atom. The first kappa shape index (κ1) is 21.9. The second-order valence-corrected chi connectivity index (χ2v) is 12.6. The van der Waals surface area contributed by atoms with Crippen molar-refractivity contribution in [3.63, 3.8) is 0 Å². The SMILES string of the molecule is CC(C)[C@@H](C)/C=C\[C@@H](C)[C@H]1CC[C@H]2[C@@H]3CC[C@H]4[C@@H](CO)CC[C@]4(C)[C@H]3CC[C@]12C. The highest BCUT2D eigenvalue weighted by Gasteiger charge is 2.61. The first-order chi connectivity index (χ1) is 13.7. The average Bonchev–Trinajstić information content (AvgIpc) is 3.22. The van der Waals surface area contributed by atoms with Gasteiger partial charge in [-0.3, -0.25) is 0 Å². The number of aliphatic hydroxyl groups excluding tert-OH is 1. The molecule has 4 saturated carbocycles. The van der Waals surface area contributed by atoms with Gasteiger partial charge in [-0.1, -0.05) is 53.7 Å². The van der Waals surface area contributed by atoms with E-state index < -0.39 is 0 Å². The summed E-state index contributed by atoms with van der Waals surface area (Å²) in [6, 6.07) is 0. The Balaban J connectivity index is 1.50. The van der Waals surface area contributed by atoms with E-state index in [9.17, 15) is 5.11 Å². The van der Waals surface area contributed by atoms with Gasteiger partial charge in [-0.2, -0.15) is 0 Å². The van der Waals surface area contributed by atoms with Gasteiger partial charge >= 0.3 is 0 Å². The van der Waals surface area contributed by atoms with Crippen LogP contribution in [0.25, 0.3) is 0 Å². The Labute approximate surface area is 181 Å². The Morgan fingerprint density at radius 3 is 2.14 bits per heavy atom. The minimum absolute atomic E-state index is 0.430. The smallest absolute Gasteiger partial charge is 0.0462 e. The standard InChI is InChI=1S/C28H48O/c1-18(2)19(3)7-8-20(4)23-11-12-25-22-9-10-24-21(17-29)13-15-28(24,6)26(22)14-16-27(23,25)5/h7-8,18-26,29H,9-17H2,1-6H3/b8-7-/t19-,20+,21+,22-,23+,24-,25-,26-,27+,28-/m0/s1. The van der Waals surface area contributed by atoms with Crippen LogP contribution in [0.15, 0.2) is 12.2 Å². The molecule has 4 fully saturated rings. The van der Waals surface area contributed by atoms with Crippen molar-refractivity contribution in [3.8, 4) is 0 Å². The summed E-state index contributed by atoms with van der Waals surface area (Å²) >= 11 is 0. The van der Waals surface area contributed by atoms with Gasteiger partial charge in [-0.25, -0.2) is 0 Å². The van der Waals surface area contributed by atoms with Gasteiger partial charge in [0.15, 0.2) is 0 Å². The van der Waals surface area contributed by atoms with Gasteiger partial charge in [-0.05, 0) is 115 Å². The first-order valence-corrected chi connectivity index (χ1v) is 13.0. The summed E-state index contributed by atoms with van der Waals surface area (Å²) in [5.41, 5.74) is 1.08. The highest BCUT2D eigenvalue weighted by molar-refractivity contribution is 5.12. The van der Waals surface area contributed by atoms with E-state index in [0.29, 0.717) is 29.3 Å². The molecule has 0 aromatic carbocycles. The molecule has 0 heterocycles. The molecule has 166 valence electrons. The van der Waals surface area contributed by atoms with Gasteiger partial charge in [0.2, 0.25) is 0 Å². The van der Waals surface area contributed by atoms with Crippen molar-refractivity contribution in [2.45, 2.75) is 92.9 Å². The molecular weight excluding hydrogens is 352 g/mol. The quantitative estimate of drug-likeness (QED) is 0.478. The second-order valence-electron chi connectivity index (χ2n) is 12.6. The molecule has 0 amide bonds. The van der Waals surface area contributed by atoms with Gasteiger partial charge in [0.25, 0.3) is 0 Å².